The van der Waals surface area contributed by atoms with Crippen molar-refractivity contribution in [1.82, 2.24) is 20.1 Å². The Morgan fingerprint density at radius 1 is 1.36 bits per heavy atom. The molecule has 0 bridgehead atoms. The highest BCUT2D eigenvalue weighted by molar-refractivity contribution is 9.10. The maximum absolute atomic E-state index is 13.7. The van der Waals surface area contributed by atoms with Gasteiger partial charge in [-0.3, -0.25) is 14.3 Å². The summed E-state index contributed by atoms with van der Waals surface area (Å²) in [5.41, 5.74) is -1.23. The molecular weight excluding hydrogens is 476 g/mol. The van der Waals surface area contributed by atoms with Gasteiger partial charge in [-0.25, -0.2) is 9.37 Å². The molecular formula is C17H19BrCl2FN5O2. The topological polar surface area (TPSA) is 88.9 Å². The van der Waals surface area contributed by atoms with Crippen LogP contribution in [-0.4, -0.2) is 36.5 Å². The van der Waals surface area contributed by atoms with Gasteiger partial charge in [0, 0.05) is 31.4 Å². The number of aromatic nitrogens is 3. The summed E-state index contributed by atoms with van der Waals surface area (Å²) in [6.07, 6.45) is 2.59. The summed E-state index contributed by atoms with van der Waals surface area (Å²) in [6, 6.07) is 2.58. The van der Waals surface area contributed by atoms with Crippen molar-refractivity contribution in [3.8, 4) is 0 Å². The Kier molecular flexibility index (Phi) is 7.06. The van der Waals surface area contributed by atoms with Gasteiger partial charge < -0.3 is 10.6 Å². The van der Waals surface area contributed by atoms with Crippen molar-refractivity contribution in [2.24, 2.45) is 0 Å². The summed E-state index contributed by atoms with van der Waals surface area (Å²) in [5.74, 6) is -1.78. The van der Waals surface area contributed by atoms with Crippen LogP contribution in [0.3, 0.4) is 0 Å². The summed E-state index contributed by atoms with van der Waals surface area (Å²) in [7, 11) is 0. The van der Waals surface area contributed by atoms with E-state index in [2.05, 4.69) is 36.6 Å². The van der Waals surface area contributed by atoms with E-state index in [1.807, 2.05) is 6.92 Å². The van der Waals surface area contributed by atoms with Gasteiger partial charge in [-0.2, -0.15) is 5.10 Å². The Morgan fingerprint density at radius 2 is 2.04 bits per heavy atom. The minimum absolute atomic E-state index is 0.0179. The molecule has 2 aromatic rings. The maximum Gasteiger partial charge on any atom is 0.270 e. The van der Waals surface area contributed by atoms with Crippen LogP contribution < -0.4 is 10.6 Å². The molecule has 0 aromatic carbocycles. The van der Waals surface area contributed by atoms with Crippen molar-refractivity contribution in [3.63, 3.8) is 0 Å². The number of alkyl halides is 2. The number of rotatable bonds is 7. The zero-order valence-electron chi connectivity index (χ0n) is 15.4. The fraction of sp³-hybridized carbons (Fsp3) is 0.412. The van der Waals surface area contributed by atoms with E-state index >= 15 is 0 Å². The minimum Gasteiger partial charge on any atom is -0.336 e. The second-order valence-corrected chi connectivity index (χ2v) is 9.22. The molecule has 7 nitrogen and oxygen atoms in total. The Balaban J connectivity index is 2.29. The zero-order chi connectivity index (χ0) is 21.1. The van der Waals surface area contributed by atoms with Crippen molar-refractivity contribution in [1.29, 1.82) is 0 Å². The average Bonchev–Trinajstić information content (AvgIpc) is 3.05. The maximum atomic E-state index is 13.7. The first kappa shape index (κ1) is 22.6. The number of carbonyl (C=O) groups excluding carboxylic acids is 2. The smallest absolute Gasteiger partial charge is 0.270 e. The highest BCUT2D eigenvalue weighted by atomic mass is 79.9. The van der Waals surface area contributed by atoms with E-state index in [1.165, 1.54) is 37.0 Å². The normalized spacial score (nSPS) is 13.7. The Labute approximate surface area is 180 Å². The Hall–Kier alpha value is -1.71. The number of nitrogens with zero attached hydrogens (tertiary/aromatic N) is 3. The van der Waals surface area contributed by atoms with Gasteiger partial charge in [0.15, 0.2) is 0 Å². The second-order valence-electron chi connectivity index (χ2n) is 6.50. The molecule has 2 aromatic heterocycles. The van der Waals surface area contributed by atoms with E-state index in [9.17, 15) is 14.0 Å². The molecule has 2 amide bonds. The molecule has 2 N–H and O–H groups in total. The van der Waals surface area contributed by atoms with Gasteiger partial charge in [0.05, 0.1) is 4.47 Å². The number of aryl methyl sites for hydroxylation is 1. The van der Waals surface area contributed by atoms with Gasteiger partial charge in [-0.15, -0.1) is 23.2 Å². The number of nitrogens with one attached hydrogen (secondary N) is 2. The Morgan fingerprint density at radius 3 is 2.61 bits per heavy atom. The molecule has 2 heterocycles. The number of carbonyl (C=O) groups is 2. The summed E-state index contributed by atoms with van der Waals surface area (Å²) in [6.45, 7) is 5.29. The summed E-state index contributed by atoms with van der Waals surface area (Å²) >= 11 is 15.2. The third-order valence-electron chi connectivity index (χ3n) is 3.85. The molecule has 1 unspecified atom stereocenters. The predicted octanol–water partition coefficient (Wildman–Crippen LogP) is 3.91. The van der Waals surface area contributed by atoms with Gasteiger partial charge in [0.25, 0.3) is 11.8 Å². The van der Waals surface area contributed by atoms with Gasteiger partial charge >= 0.3 is 0 Å². The molecule has 0 aliphatic rings. The largest absolute Gasteiger partial charge is 0.336 e. The van der Waals surface area contributed by atoms with Crippen LogP contribution >= 0.6 is 39.1 Å². The van der Waals surface area contributed by atoms with Gasteiger partial charge in [-0.1, -0.05) is 0 Å². The monoisotopic (exact) mass is 493 g/mol. The highest BCUT2D eigenvalue weighted by Gasteiger charge is 2.41. The molecule has 0 saturated heterocycles. The van der Waals surface area contributed by atoms with E-state index in [0.29, 0.717) is 6.54 Å². The van der Waals surface area contributed by atoms with Crippen molar-refractivity contribution in [3.05, 3.63) is 40.5 Å². The minimum atomic E-state index is -1.51. The summed E-state index contributed by atoms with van der Waals surface area (Å²) in [4.78, 5) is 29.6. The Bertz CT molecular complexity index is 887. The number of anilines is 1. The SMILES string of the molecule is CCn1nccc1C(=O)NC(C)(CC(C)(Cl)Cl)C(=O)Nc1cc(F)c(Br)cn1. The molecule has 0 spiro atoms. The van der Waals surface area contributed by atoms with Crippen LogP contribution in [0.4, 0.5) is 10.2 Å². The van der Waals surface area contributed by atoms with Gasteiger partial charge in [0.2, 0.25) is 0 Å². The lowest BCUT2D eigenvalue weighted by atomic mass is 9.94. The molecule has 0 aliphatic carbocycles. The number of hydrogen-bond acceptors (Lipinski definition) is 4. The van der Waals surface area contributed by atoms with E-state index in [1.54, 1.807) is 0 Å². The van der Waals surface area contributed by atoms with E-state index in [4.69, 9.17) is 23.2 Å². The molecule has 0 aliphatic heterocycles. The fourth-order valence-corrected chi connectivity index (χ4v) is 3.38. The number of pyridine rings is 1. The van der Waals surface area contributed by atoms with Crippen molar-refractivity contribution in [2.45, 2.75) is 43.6 Å². The highest BCUT2D eigenvalue weighted by Crippen LogP contribution is 2.31. The van der Waals surface area contributed by atoms with Crippen LogP contribution in [0.15, 0.2) is 29.0 Å². The van der Waals surface area contributed by atoms with E-state index < -0.39 is 27.5 Å². The lowest BCUT2D eigenvalue weighted by Gasteiger charge is -2.33. The first-order valence-electron chi connectivity index (χ1n) is 8.30. The number of amides is 2. The second kappa shape index (κ2) is 8.75. The van der Waals surface area contributed by atoms with Crippen LogP contribution in [0.1, 0.15) is 37.7 Å². The van der Waals surface area contributed by atoms with Crippen LogP contribution in [0, 0.1) is 5.82 Å². The third kappa shape index (κ3) is 5.65. The average molecular weight is 495 g/mol. The fourth-order valence-electron chi connectivity index (χ4n) is 2.63. The number of hydrogen-bond donors (Lipinski definition) is 2. The third-order valence-corrected chi connectivity index (χ3v) is 4.70. The van der Waals surface area contributed by atoms with Crippen LogP contribution in [-0.2, 0) is 11.3 Å². The van der Waals surface area contributed by atoms with Crippen molar-refractivity contribution in [2.75, 3.05) is 5.32 Å². The molecule has 0 fully saturated rings. The lowest BCUT2D eigenvalue weighted by Crippen LogP contribution is -2.57. The van der Waals surface area contributed by atoms with Gasteiger partial charge in [-0.05, 0) is 42.8 Å². The molecule has 0 saturated carbocycles. The van der Waals surface area contributed by atoms with Gasteiger partial charge in [0.1, 0.15) is 27.2 Å². The summed E-state index contributed by atoms with van der Waals surface area (Å²) in [5, 5.41) is 9.19. The first-order valence-corrected chi connectivity index (χ1v) is 9.85. The standard InChI is InChI=1S/C17H19BrCl2FN5O2/c1-4-26-12(5-6-23-26)14(27)25-16(2,9-17(3,19)20)15(28)24-13-7-11(21)10(18)8-22-13/h5-8H,4,9H2,1-3H3,(H,25,27)(H,22,24,28). The quantitative estimate of drug-likeness (QED) is 0.571. The molecule has 1 atom stereocenters. The van der Waals surface area contributed by atoms with Crippen molar-refractivity contribution < 1.29 is 14.0 Å². The van der Waals surface area contributed by atoms with Crippen LogP contribution in [0.2, 0.25) is 0 Å². The first-order chi connectivity index (χ1) is 12.9. The summed E-state index contributed by atoms with van der Waals surface area (Å²) < 4.78 is 14.0. The van der Waals surface area contributed by atoms with Crippen molar-refractivity contribution >= 4 is 56.8 Å². The molecule has 2 rings (SSSR count). The lowest BCUT2D eigenvalue weighted by molar-refractivity contribution is -0.121. The molecule has 11 heteroatoms. The number of halogens is 4. The molecule has 28 heavy (non-hydrogen) atoms. The molecule has 0 radical (unpaired) electrons. The van der Waals surface area contributed by atoms with Crippen LogP contribution in [0.5, 0.6) is 0 Å². The zero-order valence-corrected chi connectivity index (χ0v) is 18.5. The molecule has 152 valence electrons. The van der Waals surface area contributed by atoms with E-state index in [-0.39, 0.29) is 22.4 Å². The predicted molar refractivity (Wildman–Crippen MR) is 109 cm³/mol. The van der Waals surface area contributed by atoms with Crippen LogP contribution in [0.25, 0.3) is 0 Å². The van der Waals surface area contributed by atoms with E-state index in [0.717, 1.165) is 6.07 Å².